The average Bonchev–Trinajstić information content (AvgIpc) is 2.25. The standard InChI is InChI=1S/C13H18O4/c1-9(14)11-7-10(5-6-12(11)16-4)17-8-13(2,3)15/h5-7,15H,8H2,1-4H3. The minimum absolute atomic E-state index is 0.0874. The Hall–Kier alpha value is -1.55. The molecule has 0 heterocycles. The number of methoxy groups -OCH3 is 1. The van der Waals surface area contributed by atoms with Crippen molar-refractivity contribution in [3.8, 4) is 11.5 Å². The van der Waals surface area contributed by atoms with E-state index in [-0.39, 0.29) is 12.4 Å². The monoisotopic (exact) mass is 238 g/mol. The summed E-state index contributed by atoms with van der Waals surface area (Å²) >= 11 is 0. The van der Waals surface area contributed by atoms with Gasteiger partial charge in [0.15, 0.2) is 5.78 Å². The van der Waals surface area contributed by atoms with Crippen LogP contribution in [0.3, 0.4) is 0 Å². The molecule has 0 spiro atoms. The molecular formula is C13H18O4. The summed E-state index contributed by atoms with van der Waals surface area (Å²) in [6, 6.07) is 5.00. The molecule has 1 aromatic rings. The zero-order valence-electron chi connectivity index (χ0n) is 10.6. The van der Waals surface area contributed by atoms with Crippen LogP contribution in [-0.4, -0.2) is 30.2 Å². The van der Waals surface area contributed by atoms with Crippen molar-refractivity contribution in [1.29, 1.82) is 0 Å². The van der Waals surface area contributed by atoms with Crippen molar-refractivity contribution in [2.24, 2.45) is 0 Å². The first-order valence-corrected chi connectivity index (χ1v) is 5.37. The Kier molecular flexibility index (Phi) is 4.12. The number of rotatable bonds is 5. The van der Waals surface area contributed by atoms with Gasteiger partial charge in [-0.1, -0.05) is 0 Å². The zero-order chi connectivity index (χ0) is 13.1. The minimum Gasteiger partial charge on any atom is -0.496 e. The maximum absolute atomic E-state index is 11.4. The van der Waals surface area contributed by atoms with Crippen LogP contribution in [0.5, 0.6) is 11.5 Å². The lowest BCUT2D eigenvalue weighted by Crippen LogP contribution is -2.27. The molecule has 94 valence electrons. The summed E-state index contributed by atoms with van der Waals surface area (Å²) in [6.07, 6.45) is 0. The van der Waals surface area contributed by atoms with E-state index in [1.54, 1.807) is 32.0 Å². The number of Topliss-reactive ketones (excluding diaryl/α,β-unsaturated/α-hetero) is 1. The third-order valence-corrected chi connectivity index (χ3v) is 2.14. The second kappa shape index (κ2) is 5.19. The SMILES string of the molecule is COc1ccc(OCC(C)(C)O)cc1C(C)=O. The number of ketones is 1. The van der Waals surface area contributed by atoms with E-state index < -0.39 is 5.60 Å². The maximum Gasteiger partial charge on any atom is 0.163 e. The number of carbonyl (C=O) groups excluding carboxylic acids is 1. The number of hydrogen-bond donors (Lipinski definition) is 1. The van der Waals surface area contributed by atoms with Crippen LogP contribution in [0.2, 0.25) is 0 Å². The molecule has 0 aliphatic carbocycles. The Bertz CT molecular complexity index is 404. The molecule has 0 unspecified atom stereocenters. The van der Waals surface area contributed by atoms with Crippen molar-refractivity contribution in [3.05, 3.63) is 23.8 Å². The number of benzene rings is 1. The molecule has 0 saturated heterocycles. The quantitative estimate of drug-likeness (QED) is 0.798. The Labute approximate surface area is 101 Å². The summed E-state index contributed by atoms with van der Waals surface area (Å²) in [5.41, 5.74) is -0.434. The summed E-state index contributed by atoms with van der Waals surface area (Å²) in [5, 5.41) is 9.54. The van der Waals surface area contributed by atoms with Gasteiger partial charge in [0.1, 0.15) is 18.1 Å². The molecule has 1 N–H and O–H groups in total. The first-order valence-electron chi connectivity index (χ1n) is 5.37. The minimum atomic E-state index is -0.906. The van der Waals surface area contributed by atoms with Crippen LogP contribution in [0.1, 0.15) is 31.1 Å². The van der Waals surface area contributed by atoms with E-state index in [9.17, 15) is 9.90 Å². The highest BCUT2D eigenvalue weighted by Crippen LogP contribution is 2.25. The highest BCUT2D eigenvalue weighted by molar-refractivity contribution is 5.97. The van der Waals surface area contributed by atoms with E-state index in [4.69, 9.17) is 9.47 Å². The van der Waals surface area contributed by atoms with Crippen molar-refractivity contribution in [3.63, 3.8) is 0 Å². The third kappa shape index (κ3) is 4.07. The fraction of sp³-hybridized carbons (Fsp3) is 0.462. The Morgan fingerprint density at radius 3 is 2.53 bits per heavy atom. The van der Waals surface area contributed by atoms with Crippen molar-refractivity contribution in [1.82, 2.24) is 0 Å². The molecule has 0 atom stereocenters. The molecule has 1 rings (SSSR count). The molecule has 4 nitrogen and oxygen atoms in total. The van der Waals surface area contributed by atoms with E-state index in [0.717, 1.165) is 0 Å². The van der Waals surface area contributed by atoms with Crippen LogP contribution in [0.25, 0.3) is 0 Å². The van der Waals surface area contributed by atoms with Gasteiger partial charge in [-0.15, -0.1) is 0 Å². The van der Waals surface area contributed by atoms with Crippen LogP contribution >= 0.6 is 0 Å². The van der Waals surface area contributed by atoms with Gasteiger partial charge >= 0.3 is 0 Å². The van der Waals surface area contributed by atoms with Crippen LogP contribution < -0.4 is 9.47 Å². The van der Waals surface area contributed by atoms with Gasteiger partial charge in [-0.25, -0.2) is 0 Å². The van der Waals surface area contributed by atoms with E-state index >= 15 is 0 Å². The lowest BCUT2D eigenvalue weighted by atomic mass is 10.1. The van der Waals surface area contributed by atoms with Crippen LogP contribution in [0.15, 0.2) is 18.2 Å². The zero-order valence-corrected chi connectivity index (χ0v) is 10.6. The summed E-state index contributed by atoms with van der Waals surface area (Å²) in [7, 11) is 1.51. The number of hydrogen-bond acceptors (Lipinski definition) is 4. The molecule has 0 aromatic heterocycles. The van der Waals surface area contributed by atoms with Gasteiger partial charge in [0.25, 0.3) is 0 Å². The van der Waals surface area contributed by atoms with Crippen molar-refractivity contribution >= 4 is 5.78 Å². The van der Waals surface area contributed by atoms with E-state index in [0.29, 0.717) is 17.1 Å². The lowest BCUT2D eigenvalue weighted by Gasteiger charge is -2.18. The molecule has 0 aliphatic rings. The molecule has 0 bridgehead atoms. The van der Waals surface area contributed by atoms with Crippen LogP contribution in [0.4, 0.5) is 0 Å². The van der Waals surface area contributed by atoms with Crippen molar-refractivity contribution in [2.75, 3.05) is 13.7 Å². The molecule has 0 radical (unpaired) electrons. The fourth-order valence-electron chi connectivity index (χ4n) is 1.31. The second-order valence-electron chi connectivity index (χ2n) is 4.52. The van der Waals surface area contributed by atoms with E-state index in [1.165, 1.54) is 14.0 Å². The first kappa shape index (κ1) is 13.5. The second-order valence-corrected chi connectivity index (χ2v) is 4.52. The first-order chi connectivity index (χ1) is 7.83. The molecule has 1 aromatic carbocycles. The summed E-state index contributed by atoms with van der Waals surface area (Å²) < 4.78 is 10.5. The van der Waals surface area contributed by atoms with Crippen molar-refractivity contribution < 1.29 is 19.4 Å². The smallest absolute Gasteiger partial charge is 0.163 e. The molecule has 4 heteroatoms. The molecule has 0 fully saturated rings. The average molecular weight is 238 g/mol. The van der Waals surface area contributed by atoms with Gasteiger partial charge in [-0.3, -0.25) is 4.79 Å². The van der Waals surface area contributed by atoms with Gasteiger partial charge in [0.05, 0.1) is 18.3 Å². The third-order valence-electron chi connectivity index (χ3n) is 2.14. The fourth-order valence-corrected chi connectivity index (χ4v) is 1.31. The molecular weight excluding hydrogens is 220 g/mol. The van der Waals surface area contributed by atoms with Crippen molar-refractivity contribution in [2.45, 2.75) is 26.4 Å². The highest BCUT2D eigenvalue weighted by atomic mass is 16.5. The predicted octanol–water partition coefficient (Wildman–Crippen LogP) is 2.05. The normalized spacial score (nSPS) is 11.1. The largest absolute Gasteiger partial charge is 0.496 e. The Morgan fingerprint density at radius 2 is 2.06 bits per heavy atom. The molecule has 17 heavy (non-hydrogen) atoms. The Balaban J connectivity index is 2.89. The lowest BCUT2D eigenvalue weighted by molar-refractivity contribution is 0.0284. The van der Waals surface area contributed by atoms with Gasteiger partial charge in [-0.2, -0.15) is 0 Å². The molecule has 0 amide bonds. The van der Waals surface area contributed by atoms with E-state index in [2.05, 4.69) is 0 Å². The van der Waals surface area contributed by atoms with Gasteiger partial charge in [-0.05, 0) is 39.0 Å². The number of ether oxygens (including phenoxy) is 2. The number of aliphatic hydroxyl groups is 1. The van der Waals surface area contributed by atoms with Crippen LogP contribution in [0, 0.1) is 0 Å². The number of carbonyl (C=O) groups is 1. The summed E-state index contributed by atoms with van der Waals surface area (Å²) in [6.45, 7) is 4.94. The Morgan fingerprint density at radius 1 is 1.41 bits per heavy atom. The van der Waals surface area contributed by atoms with E-state index in [1.807, 2.05) is 0 Å². The molecule has 0 aliphatic heterocycles. The predicted molar refractivity (Wildman–Crippen MR) is 64.8 cm³/mol. The summed E-state index contributed by atoms with van der Waals surface area (Å²) in [5.74, 6) is 0.974. The van der Waals surface area contributed by atoms with Gasteiger partial charge < -0.3 is 14.6 Å². The highest BCUT2D eigenvalue weighted by Gasteiger charge is 2.15. The topological polar surface area (TPSA) is 55.8 Å². The van der Waals surface area contributed by atoms with Gasteiger partial charge in [0, 0.05) is 0 Å². The van der Waals surface area contributed by atoms with Crippen LogP contribution in [-0.2, 0) is 0 Å². The maximum atomic E-state index is 11.4. The molecule has 0 saturated carbocycles. The van der Waals surface area contributed by atoms with Gasteiger partial charge in [0.2, 0.25) is 0 Å². The summed E-state index contributed by atoms with van der Waals surface area (Å²) in [4.78, 5) is 11.4.